The second-order valence-corrected chi connectivity index (χ2v) is 4.31. The summed E-state index contributed by atoms with van der Waals surface area (Å²) in [6.45, 7) is 0. The maximum atomic E-state index is 11.1. The van der Waals surface area contributed by atoms with Gasteiger partial charge in [-0.05, 0) is 18.8 Å². The van der Waals surface area contributed by atoms with Crippen LogP contribution in [0.4, 0.5) is 0 Å². The first kappa shape index (κ1) is 10.0. The number of esters is 1. The average molecular weight is 235 g/mol. The highest BCUT2D eigenvalue weighted by Crippen LogP contribution is 2.30. The minimum absolute atomic E-state index is 0.0807. The van der Waals surface area contributed by atoms with Crippen LogP contribution in [0.25, 0.3) is 0 Å². The normalized spacial score (nSPS) is 21.8. The first-order chi connectivity index (χ1) is 5.75. The van der Waals surface area contributed by atoms with Crippen molar-refractivity contribution in [3.05, 3.63) is 0 Å². The van der Waals surface area contributed by atoms with Crippen LogP contribution in [-0.2, 0) is 9.53 Å². The van der Waals surface area contributed by atoms with Gasteiger partial charge in [0, 0.05) is 0 Å². The Balaban J connectivity index is 2.39. The van der Waals surface area contributed by atoms with Gasteiger partial charge in [-0.15, -0.1) is 0 Å². The van der Waals surface area contributed by atoms with E-state index in [2.05, 4.69) is 20.7 Å². The summed E-state index contributed by atoms with van der Waals surface area (Å²) >= 11 is 3.39. The van der Waals surface area contributed by atoms with Crippen molar-refractivity contribution in [1.29, 1.82) is 0 Å². The first-order valence-corrected chi connectivity index (χ1v) is 5.39. The van der Waals surface area contributed by atoms with Crippen LogP contribution in [0.3, 0.4) is 0 Å². The van der Waals surface area contributed by atoms with Crippen molar-refractivity contribution in [2.24, 2.45) is 5.92 Å². The van der Waals surface area contributed by atoms with Crippen LogP contribution in [0.5, 0.6) is 0 Å². The van der Waals surface area contributed by atoms with Crippen molar-refractivity contribution in [3.63, 3.8) is 0 Å². The Labute approximate surface area is 81.8 Å². The number of hydrogen-bond donors (Lipinski definition) is 0. The molecule has 3 heteroatoms. The van der Waals surface area contributed by atoms with Crippen LogP contribution in [0.15, 0.2) is 0 Å². The number of rotatable bonds is 2. The number of methoxy groups -OCH3 is 1. The quantitative estimate of drug-likeness (QED) is 0.543. The fraction of sp³-hybridized carbons (Fsp3) is 0.889. The maximum absolute atomic E-state index is 11.1. The second kappa shape index (κ2) is 4.85. The van der Waals surface area contributed by atoms with E-state index in [9.17, 15) is 4.79 Å². The van der Waals surface area contributed by atoms with Crippen molar-refractivity contribution in [3.8, 4) is 0 Å². The van der Waals surface area contributed by atoms with Gasteiger partial charge in [0.05, 0.1) is 7.11 Å². The third-order valence-corrected chi connectivity index (χ3v) is 3.61. The molecule has 1 aliphatic rings. The van der Waals surface area contributed by atoms with Gasteiger partial charge in [-0.25, -0.2) is 0 Å². The van der Waals surface area contributed by atoms with Crippen molar-refractivity contribution in [1.82, 2.24) is 0 Å². The van der Waals surface area contributed by atoms with Gasteiger partial charge in [0.15, 0.2) is 0 Å². The smallest absolute Gasteiger partial charge is 0.319 e. The van der Waals surface area contributed by atoms with Crippen LogP contribution < -0.4 is 0 Å². The molecule has 1 unspecified atom stereocenters. The molecule has 0 aromatic carbocycles. The summed E-state index contributed by atoms with van der Waals surface area (Å²) in [5.74, 6) is 0.369. The molecule has 0 saturated heterocycles. The van der Waals surface area contributed by atoms with Crippen LogP contribution in [0.2, 0.25) is 0 Å². The molecule has 0 aromatic heterocycles. The molecule has 1 atom stereocenters. The third-order valence-electron chi connectivity index (χ3n) is 2.49. The first-order valence-electron chi connectivity index (χ1n) is 4.47. The van der Waals surface area contributed by atoms with E-state index in [4.69, 9.17) is 0 Å². The van der Waals surface area contributed by atoms with Crippen molar-refractivity contribution < 1.29 is 9.53 Å². The van der Waals surface area contributed by atoms with Gasteiger partial charge >= 0.3 is 5.97 Å². The van der Waals surface area contributed by atoms with E-state index in [-0.39, 0.29) is 10.8 Å². The largest absolute Gasteiger partial charge is 0.468 e. The van der Waals surface area contributed by atoms with E-state index >= 15 is 0 Å². The number of carbonyl (C=O) groups is 1. The fourth-order valence-corrected chi connectivity index (χ4v) is 2.45. The zero-order valence-corrected chi connectivity index (χ0v) is 8.97. The summed E-state index contributed by atoms with van der Waals surface area (Å²) < 4.78 is 4.68. The highest BCUT2D eigenvalue weighted by Gasteiger charge is 2.27. The number of hydrogen-bond acceptors (Lipinski definition) is 2. The molecule has 0 N–H and O–H groups in total. The fourth-order valence-electron chi connectivity index (χ4n) is 1.73. The predicted octanol–water partition coefficient (Wildman–Crippen LogP) is 2.50. The summed E-state index contributed by atoms with van der Waals surface area (Å²) in [5, 5.41) is 0. The molecule has 2 nitrogen and oxygen atoms in total. The Morgan fingerprint density at radius 2 is 2.00 bits per heavy atom. The molecule has 0 aliphatic heterocycles. The number of alkyl halides is 1. The predicted molar refractivity (Wildman–Crippen MR) is 51.3 cm³/mol. The molecule has 0 amide bonds. The van der Waals surface area contributed by atoms with Gasteiger partial charge < -0.3 is 4.74 Å². The average Bonchev–Trinajstić information content (AvgIpc) is 2.17. The monoisotopic (exact) mass is 234 g/mol. The van der Waals surface area contributed by atoms with E-state index in [0.29, 0.717) is 5.92 Å². The lowest BCUT2D eigenvalue weighted by molar-refractivity contribution is -0.141. The second-order valence-electron chi connectivity index (χ2n) is 3.32. The Morgan fingerprint density at radius 1 is 1.42 bits per heavy atom. The van der Waals surface area contributed by atoms with Gasteiger partial charge in [0.2, 0.25) is 0 Å². The summed E-state index contributed by atoms with van der Waals surface area (Å²) in [6.07, 6.45) is 6.14. The summed E-state index contributed by atoms with van der Waals surface area (Å²) in [4.78, 5) is 11.1. The lowest BCUT2D eigenvalue weighted by Crippen LogP contribution is -2.26. The molecule has 1 rings (SSSR count). The molecule has 1 aliphatic carbocycles. The SMILES string of the molecule is COC(=O)C(Br)C1CCCCC1. The molecule has 1 saturated carbocycles. The molecule has 0 bridgehead atoms. The lowest BCUT2D eigenvalue weighted by atomic mass is 9.87. The van der Waals surface area contributed by atoms with Crippen LogP contribution >= 0.6 is 15.9 Å². The van der Waals surface area contributed by atoms with Crippen LogP contribution in [0.1, 0.15) is 32.1 Å². The van der Waals surface area contributed by atoms with E-state index in [1.54, 1.807) is 0 Å². The molecule has 0 heterocycles. The topological polar surface area (TPSA) is 26.3 Å². The van der Waals surface area contributed by atoms with Gasteiger partial charge in [-0.1, -0.05) is 35.2 Å². The van der Waals surface area contributed by atoms with Crippen molar-refractivity contribution in [2.45, 2.75) is 36.9 Å². The highest BCUT2D eigenvalue weighted by atomic mass is 79.9. The number of carbonyl (C=O) groups excluding carboxylic acids is 1. The molecule has 0 aromatic rings. The van der Waals surface area contributed by atoms with Crippen LogP contribution in [0, 0.1) is 5.92 Å². The minimum Gasteiger partial charge on any atom is -0.468 e. The van der Waals surface area contributed by atoms with E-state index in [1.807, 2.05) is 0 Å². The van der Waals surface area contributed by atoms with Crippen molar-refractivity contribution in [2.75, 3.05) is 7.11 Å². The Morgan fingerprint density at radius 3 is 2.50 bits per heavy atom. The Bertz CT molecular complexity index is 153. The summed E-state index contributed by atoms with van der Waals surface area (Å²) in [5.41, 5.74) is 0. The zero-order valence-electron chi connectivity index (χ0n) is 7.38. The molecular weight excluding hydrogens is 220 g/mol. The molecule has 0 spiro atoms. The molecule has 12 heavy (non-hydrogen) atoms. The Kier molecular flexibility index (Phi) is 4.06. The zero-order chi connectivity index (χ0) is 8.97. The van der Waals surface area contributed by atoms with Gasteiger partial charge in [0.1, 0.15) is 4.83 Å². The summed E-state index contributed by atoms with van der Waals surface area (Å²) in [6, 6.07) is 0. The minimum atomic E-state index is -0.123. The maximum Gasteiger partial charge on any atom is 0.319 e. The molecule has 1 fully saturated rings. The van der Waals surface area contributed by atoms with E-state index < -0.39 is 0 Å². The van der Waals surface area contributed by atoms with Gasteiger partial charge in [-0.3, -0.25) is 4.79 Å². The van der Waals surface area contributed by atoms with Crippen LogP contribution in [-0.4, -0.2) is 17.9 Å². The molecule has 0 radical (unpaired) electrons. The van der Waals surface area contributed by atoms with Gasteiger partial charge in [0.25, 0.3) is 0 Å². The van der Waals surface area contributed by atoms with Crippen molar-refractivity contribution >= 4 is 21.9 Å². The molecular formula is C9H15BrO2. The third kappa shape index (κ3) is 2.47. The highest BCUT2D eigenvalue weighted by molar-refractivity contribution is 9.10. The molecule has 70 valence electrons. The van der Waals surface area contributed by atoms with E-state index in [1.165, 1.54) is 26.4 Å². The summed E-state index contributed by atoms with van der Waals surface area (Å²) in [7, 11) is 1.44. The standard InChI is InChI=1S/C9H15BrO2/c1-12-9(11)8(10)7-5-3-2-4-6-7/h7-8H,2-6H2,1H3. The Hall–Kier alpha value is -0.0500. The number of ether oxygens (including phenoxy) is 1. The number of halogens is 1. The lowest BCUT2D eigenvalue weighted by Gasteiger charge is -2.24. The van der Waals surface area contributed by atoms with E-state index in [0.717, 1.165) is 12.8 Å². The van der Waals surface area contributed by atoms with Gasteiger partial charge in [-0.2, -0.15) is 0 Å².